The van der Waals surface area contributed by atoms with Gasteiger partial charge in [0, 0.05) is 11.0 Å². The highest BCUT2D eigenvalue weighted by molar-refractivity contribution is 5.44. The van der Waals surface area contributed by atoms with E-state index in [9.17, 15) is 5.11 Å². The van der Waals surface area contributed by atoms with Crippen molar-refractivity contribution in [1.29, 1.82) is 0 Å². The number of para-hydroxylation sites is 1. The summed E-state index contributed by atoms with van der Waals surface area (Å²) in [5.74, 6) is 0.358. The molecule has 0 bridgehead atoms. The van der Waals surface area contributed by atoms with Gasteiger partial charge in [-0.05, 0) is 23.6 Å². The van der Waals surface area contributed by atoms with Crippen molar-refractivity contribution in [2.24, 2.45) is 0 Å². The first kappa shape index (κ1) is 17.8. The number of phenolic OH excluding ortho intramolecular Hbond substituents is 1. The molecule has 1 nitrogen and oxygen atoms in total. The summed E-state index contributed by atoms with van der Waals surface area (Å²) in [5.41, 5.74) is 3.40. The molecule has 3 aromatic carbocycles. The van der Waals surface area contributed by atoms with Crippen LogP contribution in [0.4, 0.5) is 0 Å². The fraction of sp³-hybridized carbons (Fsp3) is 0.217. The molecule has 0 saturated carbocycles. The smallest absolute Gasteiger partial charge is 0.119 e. The largest absolute Gasteiger partial charge is 0.508 e. The zero-order valence-electron chi connectivity index (χ0n) is 14.7. The lowest BCUT2D eigenvalue weighted by atomic mass is 9.78. The normalized spacial score (nSPS) is 10.6. The molecule has 0 unspecified atom stereocenters. The van der Waals surface area contributed by atoms with Crippen LogP contribution in [0.1, 0.15) is 37.5 Å². The molecule has 1 N–H and O–H groups in total. The molecule has 3 rings (SSSR count). The van der Waals surface area contributed by atoms with Gasteiger partial charge in [0.1, 0.15) is 5.75 Å². The van der Waals surface area contributed by atoms with Gasteiger partial charge >= 0.3 is 0 Å². The fourth-order valence-electron chi connectivity index (χ4n) is 2.73. The van der Waals surface area contributed by atoms with Gasteiger partial charge in [-0.3, -0.25) is 0 Å². The van der Waals surface area contributed by atoms with Gasteiger partial charge < -0.3 is 5.11 Å². The minimum absolute atomic E-state index is 0.174. The quantitative estimate of drug-likeness (QED) is 0.631. The first-order valence-corrected chi connectivity index (χ1v) is 8.43. The van der Waals surface area contributed by atoms with Crippen LogP contribution in [0.2, 0.25) is 0 Å². The van der Waals surface area contributed by atoms with E-state index in [1.165, 1.54) is 11.1 Å². The first-order chi connectivity index (χ1) is 11.6. The highest BCUT2D eigenvalue weighted by Gasteiger charge is 2.25. The summed E-state index contributed by atoms with van der Waals surface area (Å²) in [6, 6.07) is 28.2. The zero-order chi connectivity index (χ0) is 17.4. The fourth-order valence-corrected chi connectivity index (χ4v) is 2.73. The van der Waals surface area contributed by atoms with E-state index >= 15 is 0 Å². The number of aromatic hydroxyl groups is 1. The standard InChI is InChI=1S/C15H16O.C8H10/c1-15(2,12-8-4-3-5-9-12)13-10-6-7-11-14(13)16;1-2-8-6-4-3-5-7-8/h3-11,16H,1-2H3;3-7H,2H2,1H3. The van der Waals surface area contributed by atoms with E-state index < -0.39 is 0 Å². The molecule has 0 atom stereocenters. The van der Waals surface area contributed by atoms with Crippen LogP contribution in [0.3, 0.4) is 0 Å². The topological polar surface area (TPSA) is 20.2 Å². The number of hydrogen-bond donors (Lipinski definition) is 1. The van der Waals surface area contributed by atoms with E-state index in [1.54, 1.807) is 6.07 Å². The monoisotopic (exact) mass is 318 g/mol. The Labute approximate surface area is 145 Å². The molecule has 0 fully saturated rings. The third-order valence-electron chi connectivity index (χ3n) is 4.32. The van der Waals surface area contributed by atoms with Crippen LogP contribution in [-0.2, 0) is 11.8 Å². The van der Waals surface area contributed by atoms with Gasteiger partial charge in [0.15, 0.2) is 0 Å². The second kappa shape index (κ2) is 8.35. The molecule has 0 heterocycles. The molecule has 0 radical (unpaired) electrons. The predicted octanol–water partition coefficient (Wildman–Crippen LogP) is 5.97. The molecule has 0 aromatic heterocycles. The summed E-state index contributed by atoms with van der Waals surface area (Å²) in [6.45, 7) is 6.41. The SMILES string of the molecule is CC(C)(c1ccccc1)c1ccccc1O.CCc1ccccc1. The van der Waals surface area contributed by atoms with Gasteiger partial charge in [-0.25, -0.2) is 0 Å². The van der Waals surface area contributed by atoms with Crippen LogP contribution in [0, 0.1) is 0 Å². The van der Waals surface area contributed by atoms with E-state index in [-0.39, 0.29) is 5.41 Å². The minimum Gasteiger partial charge on any atom is -0.508 e. The molecule has 1 heteroatoms. The summed E-state index contributed by atoms with van der Waals surface area (Å²) in [7, 11) is 0. The van der Waals surface area contributed by atoms with E-state index in [2.05, 4.69) is 57.2 Å². The summed E-state index contributed by atoms with van der Waals surface area (Å²) >= 11 is 0. The van der Waals surface area contributed by atoms with E-state index in [1.807, 2.05) is 42.5 Å². The Balaban J connectivity index is 0.000000219. The van der Waals surface area contributed by atoms with Gasteiger partial charge in [-0.2, -0.15) is 0 Å². The van der Waals surface area contributed by atoms with Crippen molar-refractivity contribution in [3.8, 4) is 5.75 Å². The van der Waals surface area contributed by atoms with Gasteiger partial charge in [0.05, 0.1) is 0 Å². The summed E-state index contributed by atoms with van der Waals surface area (Å²) in [4.78, 5) is 0. The van der Waals surface area contributed by atoms with Crippen molar-refractivity contribution in [2.45, 2.75) is 32.6 Å². The van der Waals surface area contributed by atoms with Crippen molar-refractivity contribution in [1.82, 2.24) is 0 Å². The maximum atomic E-state index is 9.91. The Kier molecular flexibility index (Phi) is 6.20. The number of aryl methyl sites for hydroxylation is 1. The summed E-state index contributed by atoms with van der Waals surface area (Å²) < 4.78 is 0. The molecule has 124 valence electrons. The third kappa shape index (κ3) is 4.48. The zero-order valence-corrected chi connectivity index (χ0v) is 14.7. The van der Waals surface area contributed by atoms with Crippen molar-refractivity contribution < 1.29 is 5.11 Å². The summed E-state index contributed by atoms with van der Waals surface area (Å²) in [6.07, 6.45) is 1.14. The number of phenols is 1. The average molecular weight is 318 g/mol. The Hall–Kier alpha value is -2.54. The molecular weight excluding hydrogens is 292 g/mol. The molecular formula is C23H26O. The number of hydrogen-bond acceptors (Lipinski definition) is 1. The van der Waals surface area contributed by atoms with Gasteiger partial charge in [-0.1, -0.05) is 99.6 Å². The predicted molar refractivity (Wildman–Crippen MR) is 102 cm³/mol. The summed E-state index contributed by atoms with van der Waals surface area (Å²) in [5, 5.41) is 9.91. The Morgan fingerprint density at radius 2 is 1.21 bits per heavy atom. The van der Waals surface area contributed by atoms with Crippen LogP contribution in [0.15, 0.2) is 84.9 Å². The van der Waals surface area contributed by atoms with Crippen LogP contribution in [-0.4, -0.2) is 5.11 Å². The molecule has 0 saturated heterocycles. The second-order valence-electron chi connectivity index (χ2n) is 6.35. The van der Waals surface area contributed by atoms with Gasteiger partial charge in [0.2, 0.25) is 0 Å². The Morgan fingerprint density at radius 1 is 0.708 bits per heavy atom. The minimum atomic E-state index is -0.174. The maximum absolute atomic E-state index is 9.91. The van der Waals surface area contributed by atoms with Gasteiger partial charge in [0.25, 0.3) is 0 Å². The highest BCUT2D eigenvalue weighted by atomic mass is 16.3. The molecule has 0 aliphatic heterocycles. The average Bonchev–Trinajstić information content (AvgIpc) is 2.64. The van der Waals surface area contributed by atoms with Crippen LogP contribution in [0.5, 0.6) is 5.75 Å². The maximum Gasteiger partial charge on any atom is 0.119 e. The molecule has 0 aliphatic rings. The first-order valence-electron chi connectivity index (χ1n) is 8.43. The number of rotatable bonds is 3. The van der Waals surface area contributed by atoms with Crippen molar-refractivity contribution in [3.63, 3.8) is 0 Å². The molecule has 3 aromatic rings. The van der Waals surface area contributed by atoms with Crippen LogP contribution >= 0.6 is 0 Å². The Morgan fingerprint density at radius 3 is 1.71 bits per heavy atom. The highest BCUT2D eigenvalue weighted by Crippen LogP contribution is 2.36. The molecule has 0 amide bonds. The number of benzene rings is 3. The van der Waals surface area contributed by atoms with Crippen LogP contribution < -0.4 is 0 Å². The van der Waals surface area contributed by atoms with Gasteiger partial charge in [-0.15, -0.1) is 0 Å². The van der Waals surface area contributed by atoms with E-state index in [0.29, 0.717) is 5.75 Å². The van der Waals surface area contributed by atoms with Crippen molar-refractivity contribution in [3.05, 3.63) is 102 Å². The molecule has 0 aliphatic carbocycles. The molecule has 0 spiro atoms. The lowest BCUT2D eigenvalue weighted by molar-refractivity contribution is 0.453. The van der Waals surface area contributed by atoms with Crippen molar-refractivity contribution in [2.75, 3.05) is 0 Å². The lowest BCUT2D eigenvalue weighted by Crippen LogP contribution is -2.18. The Bertz CT molecular complexity index is 730. The van der Waals surface area contributed by atoms with Crippen LogP contribution in [0.25, 0.3) is 0 Å². The van der Waals surface area contributed by atoms with Crippen molar-refractivity contribution >= 4 is 0 Å². The lowest BCUT2D eigenvalue weighted by Gasteiger charge is -2.26. The van der Waals surface area contributed by atoms with E-state index in [0.717, 1.165) is 12.0 Å². The molecule has 24 heavy (non-hydrogen) atoms. The third-order valence-corrected chi connectivity index (χ3v) is 4.32. The van der Waals surface area contributed by atoms with E-state index in [4.69, 9.17) is 0 Å². The second-order valence-corrected chi connectivity index (χ2v) is 6.35.